The summed E-state index contributed by atoms with van der Waals surface area (Å²) in [7, 11) is 0. The maximum atomic E-state index is 6.16. The molecule has 0 aliphatic heterocycles. The monoisotopic (exact) mass is 337 g/mol. The van der Waals surface area contributed by atoms with Gasteiger partial charge in [-0.2, -0.15) is 0 Å². The second kappa shape index (κ2) is 5.53. The van der Waals surface area contributed by atoms with Crippen molar-refractivity contribution in [1.82, 2.24) is 5.32 Å². The van der Waals surface area contributed by atoms with Crippen LogP contribution in [0.1, 0.15) is 50.1 Å². The average Bonchev–Trinajstić information content (AvgIpc) is 2.71. The molecule has 0 aliphatic rings. The summed E-state index contributed by atoms with van der Waals surface area (Å²) in [5.74, 6) is 1.06. The van der Waals surface area contributed by atoms with Crippen LogP contribution in [0.2, 0.25) is 0 Å². The van der Waals surface area contributed by atoms with Gasteiger partial charge in [-0.05, 0) is 43.0 Å². The van der Waals surface area contributed by atoms with E-state index < -0.39 is 0 Å². The normalized spacial score (nSPS) is 12.3. The third kappa shape index (κ3) is 2.66. The highest BCUT2D eigenvalue weighted by atomic mass is 79.9. The average molecular weight is 338 g/mol. The van der Waals surface area contributed by atoms with E-state index in [1.54, 1.807) is 0 Å². The summed E-state index contributed by atoms with van der Waals surface area (Å²) in [6, 6.07) is 2.14. The lowest BCUT2D eigenvalue weighted by molar-refractivity contribution is 0.487. The minimum Gasteiger partial charge on any atom is -0.459 e. The molecule has 20 heavy (non-hydrogen) atoms. The first-order valence-electron chi connectivity index (χ1n) is 7.19. The van der Waals surface area contributed by atoms with Crippen LogP contribution in [0.15, 0.2) is 15.0 Å². The fourth-order valence-electron chi connectivity index (χ4n) is 2.79. The molecule has 0 saturated heterocycles. The predicted molar refractivity (Wildman–Crippen MR) is 89.5 cm³/mol. The second-order valence-corrected chi connectivity index (χ2v) is 7.23. The van der Waals surface area contributed by atoms with Crippen molar-refractivity contribution < 1.29 is 4.42 Å². The van der Waals surface area contributed by atoms with E-state index in [9.17, 15) is 0 Å². The van der Waals surface area contributed by atoms with Crippen molar-refractivity contribution in [3.05, 3.63) is 33.0 Å². The number of fused-ring (bicyclic) bond motifs is 1. The van der Waals surface area contributed by atoms with Gasteiger partial charge in [-0.1, -0.05) is 43.6 Å². The Bertz CT molecular complexity index is 635. The van der Waals surface area contributed by atoms with Crippen molar-refractivity contribution in [2.45, 2.75) is 53.5 Å². The minimum absolute atomic E-state index is 0.0649. The van der Waals surface area contributed by atoms with E-state index in [1.165, 1.54) is 26.5 Å². The van der Waals surface area contributed by atoms with Gasteiger partial charge >= 0.3 is 0 Å². The number of rotatable bonds is 3. The topological polar surface area (TPSA) is 25.2 Å². The number of nitrogens with one attached hydrogen (secondary N) is 1. The van der Waals surface area contributed by atoms with Gasteiger partial charge in [0.15, 0.2) is 0 Å². The SMILES string of the molecule is CCNCc1oc2cc(C)c(Br)c(C)c2c1C(C)(C)C. The van der Waals surface area contributed by atoms with E-state index in [0.29, 0.717) is 0 Å². The highest BCUT2D eigenvalue weighted by Crippen LogP contribution is 2.40. The van der Waals surface area contributed by atoms with Gasteiger partial charge < -0.3 is 9.73 Å². The van der Waals surface area contributed by atoms with Gasteiger partial charge in [0.1, 0.15) is 11.3 Å². The highest BCUT2D eigenvalue weighted by molar-refractivity contribution is 9.10. The third-order valence-corrected chi connectivity index (χ3v) is 4.91. The number of benzene rings is 1. The first kappa shape index (κ1) is 15.6. The lowest BCUT2D eigenvalue weighted by Gasteiger charge is -2.20. The Morgan fingerprint density at radius 3 is 2.45 bits per heavy atom. The van der Waals surface area contributed by atoms with Gasteiger partial charge in [0.25, 0.3) is 0 Å². The van der Waals surface area contributed by atoms with Crippen LogP contribution >= 0.6 is 15.9 Å². The zero-order valence-corrected chi connectivity index (χ0v) is 14.9. The number of furan rings is 1. The lowest BCUT2D eigenvalue weighted by Crippen LogP contribution is -2.18. The maximum Gasteiger partial charge on any atom is 0.135 e. The van der Waals surface area contributed by atoms with Gasteiger partial charge in [0, 0.05) is 15.4 Å². The van der Waals surface area contributed by atoms with Gasteiger partial charge in [0.05, 0.1) is 6.54 Å². The molecule has 0 bridgehead atoms. The highest BCUT2D eigenvalue weighted by Gasteiger charge is 2.27. The predicted octanol–water partition coefficient (Wildman–Crippen LogP) is 5.22. The molecule has 3 heteroatoms. The van der Waals surface area contributed by atoms with Gasteiger partial charge in [0.2, 0.25) is 0 Å². The lowest BCUT2D eigenvalue weighted by atomic mass is 9.83. The van der Waals surface area contributed by atoms with Gasteiger partial charge in [-0.3, -0.25) is 0 Å². The zero-order valence-electron chi connectivity index (χ0n) is 13.3. The Morgan fingerprint density at radius 1 is 1.25 bits per heavy atom. The molecular formula is C17H24BrNO. The number of halogens is 1. The number of hydrogen-bond donors (Lipinski definition) is 1. The molecule has 110 valence electrons. The molecule has 0 fully saturated rings. The summed E-state index contributed by atoms with van der Waals surface area (Å²) in [6.07, 6.45) is 0. The standard InChI is InChI=1S/C17H24BrNO/c1-7-19-9-13-15(17(4,5)6)14-11(3)16(18)10(2)8-12(14)20-13/h8,19H,7,9H2,1-6H3. The molecule has 0 atom stereocenters. The van der Waals surface area contributed by atoms with Crippen molar-refractivity contribution >= 4 is 26.9 Å². The molecular weight excluding hydrogens is 314 g/mol. The van der Waals surface area contributed by atoms with Crippen molar-refractivity contribution in [3.63, 3.8) is 0 Å². The molecule has 1 aromatic carbocycles. The van der Waals surface area contributed by atoms with Crippen LogP contribution in [0.4, 0.5) is 0 Å². The van der Waals surface area contributed by atoms with E-state index in [2.05, 4.69) is 68.9 Å². The van der Waals surface area contributed by atoms with Gasteiger partial charge in [-0.25, -0.2) is 0 Å². The first-order chi connectivity index (χ1) is 9.27. The van der Waals surface area contributed by atoms with Crippen molar-refractivity contribution in [2.75, 3.05) is 6.54 Å². The first-order valence-corrected chi connectivity index (χ1v) is 7.99. The molecule has 1 N–H and O–H groups in total. The third-order valence-electron chi connectivity index (χ3n) is 3.69. The van der Waals surface area contributed by atoms with Gasteiger partial charge in [-0.15, -0.1) is 0 Å². The van der Waals surface area contributed by atoms with Crippen LogP contribution in [0, 0.1) is 13.8 Å². The fourth-order valence-corrected chi connectivity index (χ4v) is 3.11. The summed E-state index contributed by atoms with van der Waals surface area (Å²) in [5.41, 5.74) is 4.89. The Labute approximate surface area is 130 Å². The molecule has 1 aromatic heterocycles. The smallest absolute Gasteiger partial charge is 0.135 e. The Morgan fingerprint density at radius 2 is 1.90 bits per heavy atom. The zero-order chi connectivity index (χ0) is 15.1. The van der Waals surface area contributed by atoms with Crippen LogP contribution in [0.3, 0.4) is 0 Å². The molecule has 1 heterocycles. The minimum atomic E-state index is 0.0649. The van der Waals surface area contributed by atoms with Crippen molar-refractivity contribution in [2.24, 2.45) is 0 Å². The molecule has 2 aromatic rings. The Kier molecular flexibility index (Phi) is 4.31. The van der Waals surface area contributed by atoms with E-state index in [-0.39, 0.29) is 5.41 Å². The molecule has 0 spiro atoms. The van der Waals surface area contributed by atoms with E-state index in [1.807, 2.05) is 0 Å². The van der Waals surface area contributed by atoms with Crippen LogP contribution in [-0.2, 0) is 12.0 Å². The second-order valence-electron chi connectivity index (χ2n) is 6.44. The van der Waals surface area contributed by atoms with Crippen molar-refractivity contribution in [1.29, 1.82) is 0 Å². The van der Waals surface area contributed by atoms with Crippen LogP contribution < -0.4 is 5.32 Å². The van der Waals surface area contributed by atoms with E-state index in [4.69, 9.17) is 4.42 Å². The quantitative estimate of drug-likeness (QED) is 0.830. The molecule has 0 unspecified atom stereocenters. The Hall–Kier alpha value is -0.800. The van der Waals surface area contributed by atoms with Crippen LogP contribution in [-0.4, -0.2) is 6.54 Å². The van der Waals surface area contributed by atoms with Crippen LogP contribution in [0.25, 0.3) is 11.0 Å². The van der Waals surface area contributed by atoms with E-state index in [0.717, 1.165) is 24.4 Å². The summed E-state index contributed by atoms with van der Waals surface area (Å²) in [6.45, 7) is 14.9. The Balaban J connectivity index is 2.78. The molecule has 0 amide bonds. The number of hydrogen-bond acceptors (Lipinski definition) is 2. The molecule has 2 rings (SSSR count). The summed E-state index contributed by atoms with van der Waals surface area (Å²) in [4.78, 5) is 0. The summed E-state index contributed by atoms with van der Waals surface area (Å²) in [5, 5.41) is 4.65. The fraction of sp³-hybridized carbons (Fsp3) is 0.529. The summed E-state index contributed by atoms with van der Waals surface area (Å²) < 4.78 is 7.35. The number of aryl methyl sites for hydroxylation is 2. The van der Waals surface area contributed by atoms with Crippen molar-refractivity contribution in [3.8, 4) is 0 Å². The summed E-state index contributed by atoms with van der Waals surface area (Å²) >= 11 is 3.71. The van der Waals surface area contributed by atoms with E-state index >= 15 is 0 Å². The molecule has 2 nitrogen and oxygen atoms in total. The maximum absolute atomic E-state index is 6.16. The largest absolute Gasteiger partial charge is 0.459 e. The molecule has 0 radical (unpaired) electrons. The van der Waals surface area contributed by atoms with Crippen LogP contribution in [0.5, 0.6) is 0 Å². The molecule has 0 aliphatic carbocycles. The molecule has 0 saturated carbocycles.